The van der Waals surface area contributed by atoms with E-state index >= 15 is 0 Å². The molecule has 0 amide bonds. The summed E-state index contributed by atoms with van der Waals surface area (Å²) in [6.45, 7) is 7.14. The summed E-state index contributed by atoms with van der Waals surface area (Å²) in [7, 11) is 0. The first-order valence-corrected chi connectivity index (χ1v) is 15.8. The Balaban J connectivity index is 1.58. The maximum absolute atomic E-state index is 14.2. The van der Waals surface area contributed by atoms with Crippen molar-refractivity contribution in [3.63, 3.8) is 0 Å². The van der Waals surface area contributed by atoms with Crippen molar-refractivity contribution < 1.29 is 9.13 Å². The number of nitrogens with zero attached hydrogens (tertiary/aromatic N) is 2. The normalized spacial score (nSPS) is 12.9. The fourth-order valence-electron chi connectivity index (χ4n) is 5.01. The van der Waals surface area contributed by atoms with Gasteiger partial charge in [-0.2, -0.15) is 0 Å². The molecular formula is C34H55FN2O. The van der Waals surface area contributed by atoms with Crippen molar-refractivity contribution in [3.05, 3.63) is 42.2 Å². The lowest BCUT2D eigenvalue weighted by molar-refractivity contribution is 0.219. The third kappa shape index (κ3) is 14.8. The highest BCUT2D eigenvalue weighted by Crippen LogP contribution is 2.20. The summed E-state index contributed by atoms with van der Waals surface area (Å²) in [5.74, 6) is 2.00. The molecule has 38 heavy (non-hydrogen) atoms. The Morgan fingerprint density at radius 3 is 1.89 bits per heavy atom. The number of benzene rings is 1. The summed E-state index contributed by atoms with van der Waals surface area (Å²) in [6.07, 6.45) is 24.3. The second-order valence-electron chi connectivity index (χ2n) is 11.3. The van der Waals surface area contributed by atoms with E-state index in [2.05, 4.69) is 55.0 Å². The molecule has 0 aliphatic rings. The van der Waals surface area contributed by atoms with Gasteiger partial charge in [-0.3, -0.25) is 0 Å². The largest absolute Gasteiger partial charge is 0.490 e. The van der Waals surface area contributed by atoms with E-state index in [9.17, 15) is 4.39 Å². The summed E-state index contributed by atoms with van der Waals surface area (Å²) in [6, 6.07) is 8.61. The van der Waals surface area contributed by atoms with E-state index in [1.807, 2.05) is 0 Å². The zero-order valence-corrected chi connectivity index (χ0v) is 24.7. The minimum absolute atomic E-state index is 0.364. The van der Waals surface area contributed by atoms with Crippen LogP contribution in [0.5, 0.6) is 5.75 Å². The number of ether oxygens (including phenoxy) is 1. The summed E-state index contributed by atoms with van der Waals surface area (Å²) < 4.78 is 19.9. The van der Waals surface area contributed by atoms with Crippen molar-refractivity contribution in [3.8, 4) is 17.1 Å². The van der Waals surface area contributed by atoms with Crippen LogP contribution in [0.2, 0.25) is 0 Å². The lowest BCUT2D eigenvalue weighted by Gasteiger charge is -2.13. The Kier molecular flexibility index (Phi) is 17.8. The molecule has 2 rings (SSSR count). The molecule has 0 aliphatic carbocycles. The molecule has 0 saturated heterocycles. The van der Waals surface area contributed by atoms with Gasteiger partial charge in [-0.25, -0.2) is 14.4 Å². The molecule has 0 spiro atoms. The molecular weight excluding hydrogens is 471 g/mol. The highest BCUT2D eigenvalue weighted by atomic mass is 19.1. The molecule has 2 atom stereocenters. The molecule has 3 nitrogen and oxygen atoms in total. The van der Waals surface area contributed by atoms with Gasteiger partial charge in [-0.15, -0.1) is 0 Å². The molecule has 1 aromatic heterocycles. The van der Waals surface area contributed by atoms with E-state index in [-0.39, 0.29) is 0 Å². The fourth-order valence-corrected chi connectivity index (χ4v) is 5.01. The van der Waals surface area contributed by atoms with Crippen LogP contribution in [0.25, 0.3) is 11.4 Å². The van der Waals surface area contributed by atoms with Crippen LogP contribution < -0.4 is 4.74 Å². The molecule has 214 valence electrons. The van der Waals surface area contributed by atoms with E-state index in [1.54, 1.807) is 12.4 Å². The average Bonchev–Trinajstić information content (AvgIpc) is 2.93. The van der Waals surface area contributed by atoms with E-state index in [0.717, 1.165) is 24.8 Å². The number of hydrogen-bond acceptors (Lipinski definition) is 3. The van der Waals surface area contributed by atoms with Crippen LogP contribution in [0.4, 0.5) is 4.39 Å². The number of halogens is 1. The van der Waals surface area contributed by atoms with E-state index in [0.29, 0.717) is 36.9 Å². The lowest BCUT2D eigenvalue weighted by Crippen LogP contribution is -2.08. The van der Waals surface area contributed by atoms with Crippen molar-refractivity contribution in [1.29, 1.82) is 0 Å². The predicted molar refractivity (Wildman–Crippen MR) is 161 cm³/mol. The van der Waals surface area contributed by atoms with Gasteiger partial charge in [0.2, 0.25) is 0 Å². The number of aryl methyl sites for hydroxylation is 1. The summed E-state index contributed by atoms with van der Waals surface area (Å²) in [4.78, 5) is 8.93. The number of rotatable bonds is 23. The molecule has 1 aromatic carbocycles. The minimum atomic E-state index is -0.799. The Morgan fingerprint density at radius 2 is 1.26 bits per heavy atom. The van der Waals surface area contributed by atoms with Crippen LogP contribution in [0.1, 0.15) is 135 Å². The lowest BCUT2D eigenvalue weighted by atomic mass is 9.97. The quantitative estimate of drug-likeness (QED) is 0.135. The van der Waals surface area contributed by atoms with Crippen molar-refractivity contribution in [2.24, 2.45) is 5.92 Å². The molecule has 0 aliphatic heterocycles. The number of unbranched alkanes of at least 4 members (excludes halogenated alkanes) is 10. The summed E-state index contributed by atoms with van der Waals surface area (Å²) in [5.41, 5.74) is 2.39. The van der Waals surface area contributed by atoms with E-state index in [1.165, 1.54) is 89.0 Å². The second kappa shape index (κ2) is 20.9. The zero-order chi connectivity index (χ0) is 27.3. The maximum Gasteiger partial charge on any atom is 0.159 e. The Morgan fingerprint density at radius 1 is 0.684 bits per heavy atom. The van der Waals surface area contributed by atoms with Gasteiger partial charge in [0.15, 0.2) is 11.6 Å². The molecule has 0 radical (unpaired) electrons. The Hall–Kier alpha value is -1.97. The molecule has 4 heteroatoms. The van der Waals surface area contributed by atoms with Crippen LogP contribution in [0.3, 0.4) is 0 Å². The standard InChI is InChI=1S/C34H55FN2O/c1-4-6-8-9-10-11-12-13-14-15-19-30-21-23-31(24-22-30)34-36-27-33(28-37-34)38-26-25-32(35)20-16-18-29(3)17-7-5-2/h21-24,27-29,32H,4-20,25-26H2,1-3H3. The molecule has 2 aromatic rings. The average molecular weight is 527 g/mol. The van der Waals surface area contributed by atoms with Crippen LogP contribution in [-0.2, 0) is 6.42 Å². The maximum atomic E-state index is 14.2. The van der Waals surface area contributed by atoms with Crippen molar-refractivity contribution in [2.75, 3.05) is 6.61 Å². The van der Waals surface area contributed by atoms with Crippen molar-refractivity contribution >= 4 is 0 Å². The summed E-state index contributed by atoms with van der Waals surface area (Å²) >= 11 is 0. The molecule has 1 heterocycles. The number of aromatic nitrogens is 2. The Labute approximate surface area is 233 Å². The third-order valence-corrected chi connectivity index (χ3v) is 7.62. The first-order chi connectivity index (χ1) is 18.6. The van der Waals surface area contributed by atoms with Gasteiger partial charge in [0, 0.05) is 12.0 Å². The monoisotopic (exact) mass is 526 g/mol. The van der Waals surface area contributed by atoms with Gasteiger partial charge >= 0.3 is 0 Å². The van der Waals surface area contributed by atoms with E-state index in [4.69, 9.17) is 4.74 Å². The molecule has 0 bridgehead atoms. The first-order valence-electron chi connectivity index (χ1n) is 15.8. The fraction of sp³-hybridized carbons (Fsp3) is 0.706. The molecule has 0 N–H and O–H groups in total. The molecule has 2 unspecified atom stereocenters. The highest BCUT2D eigenvalue weighted by Gasteiger charge is 2.09. The zero-order valence-electron chi connectivity index (χ0n) is 24.7. The molecule has 0 saturated carbocycles. The van der Waals surface area contributed by atoms with Gasteiger partial charge in [-0.05, 0) is 30.7 Å². The van der Waals surface area contributed by atoms with Gasteiger partial charge in [0.25, 0.3) is 0 Å². The predicted octanol–water partition coefficient (Wildman–Crippen LogP) is 10.7. The van der Waals surface area contributed by atoms with Gasteiger partial charge in [-0.1, -0.05) is 135 Å². The number of hydrogen-bond donors (Lipinski definition) is 0. The van der Waals surface area contributed by atoms with Gasteiger partial charge in [0.05, 0.1) is 19.0 Å². The molecule has 0 fully saturated rings. The Bertz CT molecular complexity index is 808. The van der Waals surface area contributed by atoms with Gasteiger partial charge < -0.3 is 4.74 Å². The minimum Gasteiger partial charge on any atom is -0.490 e. The van der Waals surface area contributed by atoms with Crippen LogP contribution >= 0.6 is 0 Å². The van der Waals surface area contributed by atoms with Crippen LogP contribution in [0, 0.1) is 5.92 Å². The summed E-state index contributed by atoms with van der Waals surface area (Å²) in [5, 5.41) is 0. The second-order valence-corrected chi connectivity index (χ2v) is 11.3. The smallest absolute Gasteiger partial charge is 0.159 e. The van der Waals surface area contributed by atoms with Crippen LogP contribution in [-0.4, -0.2) is 22.7 Å². The van der Waals surface area contributed by atoms with Crippen molar-refractivity contribution in [2.45, 2.75) is 143 Å². The van der Waals surface area contributed by atoms with Crippen LogP contribution in [0.15, 0.2) is 36.7 Å². The third-order valence-electron chi connectivity index (χ3n) is 7.62. The SMILES string of the molecule is CCCCCCCCCCCCc1ccc(-c2ncc(OCCC(F)CCCC(C)CCCC)cn2)cc1. The van der Waals surface area contributed by atoms with E-state index < -0.39 is 6.17 Å². The topological polar surface area (TPSA) is 35.0 Å². The highest BCUT2D eigenvalue weighted by molar-refractivity contribution is 5.55. The van der Waals surface area contributed by atoms with Gasteiger partial charge in [0.1, 0.15) is 6.17 Å². The van der Waals surface area contributed by atoms with Crippen molar-refractivity contribution in [1.82, 2.24) is 9.97 Å². The first kappa shape index (κ1) is 32.2. The number of alkyl halides is 1.